The first-order valence-electron chi connectivity index (χ1n) is 5.29. The third-order valence-electron chi connectivity index (χ3n) is 2.62. The highest BCUT2D eigenvalue weighted by atomic mass is 32.1. The van der Waals surface area contributed by atoms with Crippen LogP contribution < -0.4 is 0 Å². The highest BCUT2D eigenvalue weighted by Crippen LogP contribution is 2.22. The molecule has 0 bridgehead atoms. The minimum Gasteiger partial charge on any atom is -0.293 e. The molecule has 0 N–H and O–H groups in total. The van der Waals surface area contributed by atoms with E-state index in [4.69, 9.17) is 0 Å². The van der Waals surface area contributed by atoms with Crippen LogP contribution in [0.1, 0.15) is 31.4 Å². The Morgan fingerprint density at radius 3 is 2.75 bits per heavy atom. The minimum absolute atomic E-state index is 0.273. The predicted molar refractivity (Wildman–Crippen MR) is 70.8 cm³/mol. The zero-order valence-electron chi connectivity index (χ0n) is 9.45. The Balaban J connectivity index is 1.98. The fraction of sp³-hybridized carbons (Fsp3) is 0.308. The average Bonchev–Trinajstić information content (AvgIpc) is 2.86. The molecule has 0 fully saturated rings. The molecule has 0 aliphatic rings. The molecule has 2 rings (SSSR count). The standard InChI is InChI=1S/C13H14OS2/c1-9-8-13(16-10(9)2)12(14)6-5-11-4-3-7-15-11/h3-4,7-8H,5-6H2,1-2H3. The first-order chi connectivity index (χ1) is 7.66. The molecule has 0 spiro atoms. The van der Waals surface area contributed by atoms with Gasteiger partial charge >= 0.3 is 0 Å². The van der Waals surface area contributed by atoms with E-state index in [0.717, 1.165) is 11.3 Å². The third-order valence-corrected chi connectivity index (χ3v) is 4.75. The first kappa shape index (κ1) is 11.6. The Morgan fingerprint density at radius 2 is 2.19 bits per heavy atom. The van der Waals surface area contributed by atoms with Gasteiger partial charge in [-0.15, -0.1) is 22.7 Å². The Kier molecular flexibility index (Phi) is 3.56. The second kappa shape index (κ2) is 4.93. The molecule has 0 unspecified atom stereocenters. The Bertz CT molecular complexity index is 461. The van der Waals surface area contributed by atoms with Crippen LogP contribution in [0.5, 0.6) is 0 Å². The lowest BCUT2D eigenvalue weighted by Crippen LogP contribution is -1.97. The van der Waals surface area contributed by atoms with Crippen molar-refractivity contribution >= 4 is 28.5 Å². The summed E-state index contributed by atoms with van der Waals surface area (Å²) < 4.78 is 0. The van der Waals surface area contributed by atoms with Crippen molar-refractivity contribution in [3.05, 3.63) is 43.8 Å². The van der Waals surface area contributed by atoms with Gasteiger partial charge in [-0.1, -0.05) is 6.07 Å². The van der Waals surface area contributed by atoms with Gasteiger partial charge in [-0.25, -0.2) is 0 Å². The van der Waals surface area contributed by atoms with E-state index in [1.54, 1.807) is 22.7 Å². The summed E-state index contributed by atoms with van der Waals surface area (Å²) in [6, 6.07) is 6.13. The Morgan fingerprint density at radius 1 is 1.38 bits per heavy atom. The lowest BCUT2D eigenvalue weighted by molar-refractivity contribution is 0.0987. The van der Waals surface area contributed by atoms with Gasteiger partial charge in [-0.2, -0.15) is 0 Å². The maximum absolute atomic E-state index is 11.9. The second-order valence-corrected chi connectivity index (χ2v) is 6.14. The maximum atomic E-state index is 11.9. The molecule has 0 aromatic carbocycles. The summed E-state index contributed by atoms with van der Waals surface area (Å²) in [5.41, 5.74) is 1.23. The molecule has 0 amide bonds. The van der Waals surface area contributed by atoms with Gasteiger partial charge in [-0.3, -0.25) is 4.79 Å². The van der Waals surface area contributed by atoms with Gasteiger partial charge < -0.3 is 0 Å². The molecular weight excluding hydrogens is 236 g/mol. The van der Waals surface area contributed by atoms with Crippen LogP contribution in [0.4, 0.5) is 0 Å². The van der Waals surface area contributed by atoms with Gasteiger partial charge in [0.15, 0.2) is 5.78 Å². The zero-order chi connectivity index (χ0) is 11.5. The van der Waals surface area contributed by atoms with E-state index >= 15 is 0 Å². The molecule has 0 saturated carbocycles. The van der Waals surface area contributed by atoms with Gasteiger partial charge in [0.05, 0.1) is 4.88 Å². The van der Waals surface area contributed by atoms with Crippen molar-refractivity contribution in [3.8, 4) is 0 Å². The first-order valence-corrected chi connectivity index (χ1v) is 6.99. The van der Waals surface area contributed by atoms with Crippen LogP contribution in [0.2, 0.25) is 0 Å². The van der Waals surface area contributed by atoms with Crippen molar-refractivity contribution < 1.29 is 4.79 Å². The SMILES string of the molecule is Cc1cc(C(=O)CCc2cccs2)sc1C. The molecule has 3 heteroatoms. The van der Waals surface area contributed by atoms with Crippen molar-refractivity contribution in [1.82, 2.24) is 0 Å². The Hall–Kier alpha value is -0.930. The van der Waals surface area contributed by atoms with Gasteiger partial charge in [0.25, 0.3) is 0 Å². The van der Waals surface area contributed by atoms with E-state index < -0.39 is 0 Å². The summed E-state index contributed by atoms with van der Waals surface area (Å²) in [7, 11) is 0. The second-order valence-electron chi connectivity index (χ2n) is 3.85. The monoisotopic (exact) mass is 250 g/mol. The van der Waals surface area contributed by atoms with Crippen LogP contribution in [0.15, 0.2) is 23.6 Å². The molecule has 0 radical (unpaired) electrons. The highest BCUT2D eigenvalue weighted by Gasteiger charge is 2.10. The van der Waals surface area contributed by atoms with E-state index in [2.05, 4.69) is 25.3 Å². The number of aryl methyl sites for hydroxylation is 3. The van der Waals surface area contributed by atoms with Crippen LogP contribution in [0.25, 0.3) is 0 Å². The normalized spacial score (nSPS) is 10.6. The maximum Gasteiger partial charge on any atom is 0.173 e. The molecule has 1 nitrogen and oxygen atoms in total. The number of thiophene rings is 2. The molecule has 84 valence electrons. The topological polar surface area (TPSA) is 17.1 Å². The Labute approximate surface area is 104 Å². The number of hydrogen-bond acceptors (Lipinski definition) is 3. The van der Waals surface area contributed by atoms with E-state index in [9.17, 15) is 4.79 Å². The van der Waals surface area contributed by atoms with Gasteiger partial charge in [0, 0.05) is 16.2 Å². The van der Waals surface area contributed by atoms with Crippen LogP contribution in [-0.4, -0.2) is 5.78 Å². The van der Waals surface area contributed by atoms with Crippen molar-refractivity contribution in [2.45, 2.75) is 26.7 Å². The van der Waals surface area contributed by atoms with Crippen molar-refractivity contribution in [2.24, 2.45) is 0 Å². The quantitative estimate of drug-likeness (QED) is 0.742. The molecule has 0 atom stereocenters. The fourth-order valence-electron chi connectivity index (χ4n) is 1.53. The highest BCUT2D eigenvalue weighted by molar-refractivity contribution is 7.14. The number of ketones is 1. The van der Waals surface area contributed by atoms with Crippen molar-refractivity contribution in [2.75, 3.05) is 0 Å². The average molecular weight is 250 g/mol. The lowest BCUT2D eigenvalue weighted by atomic mass is 10.1. The molecule has 16 heavy (non-hydrogen) atoms. The molecule has 2 aromatic heterocycles. The minimum atomic E-state index is 0.273. The number of carbonyl (C=O) groups excluding carboxylic acids is 1. The molecular formula is C13H14OS2. The molecule has 2 heterocycles. The smallest absolute Gasteiger partial charge is 0.173 e. The predicted octanol–water partition coefficient (Wildman–Crippen LogP) is 4.24. The molecule has 2 aromatic rings. The largest absolute Gasteiger partial charge is 0.293 e. The van der Waals surface area contributed by atoms with Crippen LogP contribution >= 0.6 is 22.7 Å². The van der Waals surface area contributed by atoms with Crippen LogP contribution in [0, 0.1) is 13.8 Å². The van der Waals surface area contributed by atoms with Crippen LogP contribution in [0.3, 0.4) is 0 Å². The van der Waals surface area contributed by atoms with Crippen LogP contribution in [-0.2, 0) is 6.42 Å². The van der Waals surface area contributed by atoms with Gasteiger partial charge in [0.1, 0.15) is 0 Å². The van der Waals surface area contributed by atoms with Gasteiger partial charge in [-0.05, 0) is 43.3 Å². The van der Waals surface area contributed by atoms with Gasteiger partial charge in [0.2, 0.25) is 0 Å². The van der Waals surface area contributed by atoms with E-state index in [0.29, 0.717) is 6.42 Å². The fourth-order valence-corrected chi connectivity index (χ4v) is 3.24. The molecule has 0 aliphatic carbocycles. The summed E-state index contributed by atoms with van der Waals surface area (Å²) in [6.45, 7) is 4.12. The summed E-state index contributed by atoms with van der Waals surface area (Å²) in [6.07, 6.45) is 1.49. The number of Topliss-reactive ketones (excluding diaryl/α,β-unsaturated/α-hetero) is 1. The number of carbonyl (C=O) groups is 1. The van der Waals surface area contributed by atoms with E-state index in [1.807, 2.05) is 12.1 Å². The third kappa shape index (κ3) is 2.60. The summed E-state index contributed by atoms with van der Waals surface area (Å²) >= 11 is 3.33. The molecule has 0 saturated heterocycles. The van der Waals surface area contributed by atoms with E-state index in [-0.39, 0.29) is 5.78 Å². The van der Waals surface area contributed by atoms with E-state index in [1.165, 1.54) is 15.3 Å². The van der Waals surface area contributed by atoms with Crippen molar-refractivity contribution in [1.29, 1.82) is 0 Å². The zero-order valence-corrected chi connectivity index (χ0v) is 11.1. The molecule has 0 aliphatic heterocycles. The summed E-state index contributed by atoms with van der Waals surface area (Å²) in [5, 5.41) is 2.05. The number of hydrogen-bond donors (Lipinski definition) is 0. The summed E-state index contributed by atoms with van der Waals surface area (Å²) in [5.74, 6) is 0.273. The number of rotatable bonds is 4. The summed E-state index contributed by atoms with van der Waals surface area (Å²) in [4.78, 5) is 15.4. The van der Waals surface area contributed by atoms with Crippen molar-refractivity contribution in [3.63, 3.8) is 0 Å². The lowest BCUT2D eigenvalue weighted by Gasteiger charge is -1.95.